The minimum Gasteiger partial charge on any atom is -0.398 e. The van der Waals surface area contributed by atoms with Gasteiger partial charge in [0.25, 0.3) is 0 Å². The van der Waals surface area contributed by atoms with Crippen molar-refractivity contribution in [1.29, 1.82) is 0 Å². The molecule has 1 rings (SSSR count). The zero-order chi connectivity index (χ0) is 8.27. The number of aliphatic hydroxyl groups is 1. The first-order valence-corrected chi connectivity index (χ1v) is 3.77. The zero-order valence-corrected chi connectivity index (χ0v) is 6.80. The van der Waals surface area contributed by atoms with E-state index >= 15 is 0 Å². The number of nitrogen functional groups attached to an aromatic ring is 1. The van der Waals surface area contributed by atoms with E-state index in [-0.39, 0.29) is 6.61 Å². The Morgan fingerprint density at radius 3 is 2.73 bits per heavy atom. The van der Waals surface area contributed by atoms with Crippen molar-refractivity contribution >= 4 is 17.3 Å². The van der Waals surface area contributed by atoms with Crippen LogP contribution in [-0.4, -0.2) is 11.7 Å². The van der Waals surface area contributed by atoms with Gasteiger partial charge in [-0.15, -0.1) is 0 Å². The van der Waals surface area contributed by atoms with E-state index in [1.807, 2.05) is 0 Å². The molecular formula is C8H10ClNO. The Morgan fingerprint density at radius 1 is 1.45 bits per heavy atom. The van der Waals surface area contributed by atoms with Crippen molar-refractivity contribution in [2.24, 2.45) is 0 Å². The average molecular weight is 172 g/mol. The normalized spacial score (nSPS) is 10.0. The van der Waals surface area contributed by atoms with E-state index in [1.54, 1.807) is 18.2 Å². The summed E-state index contributed by atoms with van der Waals surface area (Å²) in [5.74, 6) is 0. The monoisotopic (exact) mass is 171 g/mol. The molecule has 0 amide bonds. The van der Waals surface area contributed by atoms with Gasteiger partial charge in [0.05, 0.1) is 0 Å². The minimum atomic E-state index is 0.0773. The van der Waals surface area contributed by atoms with Crippen LogP contribution < -0.4 is 5.73 Å². The molecule has 11 heavy (non-hydrogen) atoms. The van der Waals surface area contributed by atoms with E-state index in [1.165, 1.54) is 0 Å². The minimum absolute atomic E-state index is 0.0773. The molecule has 0 bridgehead atoms. The van der Waals surface area contributed by atoms with Gasteiger partial charge in [-0.25, -0.2) is 0 Å². The van der Waals surface area contributed by atoms with Gasteiger partial charge < -0.3 is 10.8 Å². The van der Waals surface area contributed by atoms with Crippen molar-refractivity contribution < 1.29 is 5.11 Å². The standard InChI is InChI=1S/C8H10ClNO/c9-7-2-1-3-8(10)6(7)4-5-11/h1-3,11H,4-5,10H2. The highest BCUT2D eigenvalue weighted by Gasteiger charge is 2.01. The maximum absolute atomic E-state index is 8.65. The van der Waals surface area contributed by atoms with Gasteiger partial charge in [-0.05, 0) is 24.1 Å². The highest BCUT2D eigenvalue weighted by Crippen LogP contribution is 2.21. The fourth-order valence-electron chi connectivity index (χ4n) is 0.951. The molecule has 0 aromatic heterocycles. The Hall–Kier alpha value is -0.730. The highest BCUT2D eigenvalue weighted by molar-refractivity contribution is 6.31. The topological polar surface area (TPSA) is 46.2 Å². The van der Waals surface area contributed by atoms with E-state index in [0.717, 1.165) is 5.56 Å². The largest absolute Gasteiger partial charge is 0.398 e. The number of hydrogen-bond donors (Lipinski definition) is 2. The van der Waals surface area contributed by atoms with E-state index in [2.05, 4.69) is 0 Å². The molecule has 0 fully saturated rings. The summed E-state index contributed by atoms with van der Waals surface area (Å²) in [5.41, 5.74) is 7.09. The summed E-state index contributed by atoms with van der Waals surface area (Å²) in [6, 6.07) is 5.33. The predicted molar refractivity (Wildman–Crippen MR) is 46.7 cm³/mol. The molecule has 2 nitrogen and oxygen atoms in total. The Labute approximate surface area is 70.6 Å². The maximum atomic E-state index is 8.65. The molecule has 0 aliphatic carbocycles. The van der Waals surface area contributed by atoms with Crippen molar-refractivity contribution in [3.63, 3.8) is 0 Å². The van der Waals surface area contributed by atoms with Crippen LogP contribution in [0, 0.1) is 0 Å². The summed E-state index contributed by atoms with van der Waals surface area (Å²) in [5, 5.41) is 9.28. The van der Waals surface area contributed by atoms with Gasteiger partial charge in [-0.3, -0.25) is 0 Å². The molecule has 0 spiro atoms. The fraction of sp³-hybridized carbons (Fsp3) is 0.250. The van der Waals surface area contributed by atoms with Gasteiger partial charge >= 0.3 is 0 Å². The molecule has 0 unspecified atom stereocenters. The quantitative estimate of drug-likeness (QED) is 0.662. The molecule has 1 aromatic rings. The van der Waals surface area contributed by atoms with Crippen LogP contribution in [-0.2, 0) is 6.42 Å². The first kappa shape index (κ1) is 8.37. The number of nitrogens with two attached hydrogens (primary N) is 1. The highest BCUT2D eigenvalue weighted by atomic mass is 35.5. The smallest absolute Gasteiger partial charge is 0.0472 e. The number of rotatable bonds is 2. The van der Waals surface area contributed by atoms with Crippen LogP contribution >= 0.6 is 11.6 Å². The summed E-state index contributed by atoms with van der Waals surface area (Å²) in [6.45, 7) is 0.0773. The molecule has 0 saturated heterocycles. The number of hydrogen-bond acceptors (Lipinski definition) is 2. The second kappa shape index (κ2) is 3.60. The molecule has 0 radical (unpaired) electrons. The number of halogens is 1. The molecule has 0 aliphatic rings. The Balaban J connectivity index is 3.00. The van der Waals surface area contributed by atoms with Crippen LogP contribution in [0.4, 0.5) is 5.69 Å². The first-order chi connectivity index (χ1) is 5.25. The SMILES string of the molecule is Nc1cccc(Cl)c1CCO. The number of benzene rings is 1. The van der Waals surface area contributed by atoms with Gasteiger partial charge in [-0.2, -0.15) is 0 Å². The van der Waals surface area contributed by atoms with Gasteiger partial charge in [0, 0.05) is 17.3 Å². The van der Waals surface area contributed by atoms with Crippen molar-refractivity contribution in [3.05, 3.63) is 28.8 Å². The van der Waals surface area contributed by atoms with Crippen molar-refractivity contribution in [3.8, 4) is 0 Å². The van der Waals surface area contributed by atoms with E-state index in [4.69, 9.17) is 22.4 Å². The molecule has 0 atom stereocenters. The molecule has 0 aliphatic heterocycles. The first-order valence-electron chi connectivity index (χ1n) is 3.39. The summed E-state index contributed by atoms with van der Waals surface area (Å²) in [4.78, 5) is 0. The summed E-state index contributed by atoms with van der Waals surface area (Å²) in [6.07, 6.45) is 0.519. The Bertz CT molecular complexity index is 230. The molecule has 3 N–H and O–H groups in total. The molecule has 0 saturated carbocycles. The van der Waals surface area contributed by atoms with Crippen molar-refractivity contribution in [2.75, 3.05) is 12.3 Å². The maximum Gasteiger partial charge on any atom is 0.0472 e. The third kappa shape index (κ3) is 1.85. The second-order valence-electron chi connectivity index (χ2n) is 2.28. The van der Waals surface area contributed by atoms with Gasteiger partial charge in [0.2, 0.25) is 0 Å². The fourth-order valence-corrected chi connectivity index (χ4v) is 1.23. The number of aliphatic hydroxyl groups excluding tert-OH is 1. The molecule has 60 valence electrons. The Morgan fingerprint density at radius 2 is 2.18 bits per heavy atom. The lowest BCUT2D eigenvalue weighted by Gasteiger charge is -2.04. The van der Waals surface area contributed by atoms with Crippen LogP contribution in [0.3, 0.4) is 0 Å². The lowest BCUT2D eigenvalue weighted by Crippen LogP contribution is -1.97. The van der Waals surface area contributed by atoms with E-state index in [0.29, 0.717) is 17.1 Å². The summed E-state index contributed by atoms with van der Waals surface area (Å²) < 4.78 is 0. The third-order valence-corrected chi connectivity index (χ3v) is 1.87. The van der Waals surface area contributed by atoms with Crippen LogP contribution in [0.25, 0.3) is 0 Å². The van der Waals surface area contributed by atoms with Gasteiger partial charge in [0.1, 0.15) is 0 Å². The van der Waals surface area contributed by atoms with E-state index < -0.39 is 0 Å². The summed E-state index contributed by atoms with van der Waals surface area (Å²) in [7, 11) is 0. The van der Waals surface area contributed by atoms with E-state index in [9.17, 15) is 0 Å². The lowest BCUT2D eigenvalue weighted by molar-refractivity contribution is 0.300. The Kier molecular flexibility index (Phi) is 2.74. The van der Waals surface area contributed by atoms with Crippen LogP contribution in [0.5, 0.6) is 0 Å². The van der Waals surface area contributed by atoms with Crippen molar-refractivity contribution in [1.82, 2.24) is 0 Å². The zero-order valence-electron chi connectivity index (χ0n) is 6.05. The van der Waals surface area contributed by atoms with Crippen LogP contribution in [0.15, 0.2) is 18.2 Å². The molecule has 0 heterocycles. The van der Waals surface area contributed by atoms with Crippen LogP contribution in [0.1, 0.15) is 5.56 Å². The number of anilines is 1. The van der Waals surface area contributed by atoms with Crippen LogP contribution in [0.2, 0.25) is 5.02 Å². The second-order valence-corrected chi connectivity index (χ2v) is 2.69. The van der Waals surface area contributed by atoms with Gasteiger partial charge in [-0.1, -0.05) is 17.7 Å². The summed E-state index contributed by atoms with van der Waals surface area (Å²) >= 11 is 5.82. The molecule has 3 heteroatoms. The van der Waals surface area contributed by atoms with Crippen molar-refractivity contribution in [2.45, 2.75) is 6.42 Å². The average Bonchev–Trinajstić information content (AvgIpc) is 1.97. The lowest BCUT2D eigenvalue weighted by atomic mass is 10.1. The predicted octanol–water partition coefficient (Wildman–Crippen LogP) is 1.46. The molecular weight excluding hydrogens is 162 g/mol. The van der Waals surface area contributed by atoms with Gasteiger partial charge in [0.15, 0.2) is 0 Å². The molecule has 1 aromatic carbocycles. The third-order valence-electron chi connectivity index (χ3n) is 1.52.